The van der Waals surface area contributed by atoms with Crippen LogP contribution in [-0.4, -0.2) is 41.0 Å². The Balaban J connectivity index is 1.94. The summed E-state index contributed by atoms with van der Waals surface area (Å²) in [4.78, 5) is 21.9. The van der Waals surface area contributed by atoms with E-state index in [0.717, 1.165) is 54.8 Å². The molecular weight excluding hydrogens is 264 g/mol. The van der Waals surface area contributed by atoms with Crippen LogP contribution in [0, 0.1) is 0 Å². The average molecular weight is 286 g/mol. The number of aromatic nitrogens is 2. The molecule has 0 aliphatic carbocycles. The van der Waals surface area contributed by atoms with Crippen LogP contribution in [0.4, 0.5) is 0 Å². The second-order valence-corrected chi connectivity index (χ2v) is 5.64. The zero-order valence-corrected chi connectivity index (χ0v) is 12.6. The van der Waals surface area contributed by atoms with Crippen molar-refractivity contribution in [2.45, 2.75) is 26.3 Å². The van der Waals surface area contributed by atoms with Crippen LogP contribution >= 0.6 is 0 Å². The zero-order valence-electron chi connectivity index (χ0n) is 12.6. The molecule has 2 aromatic heterocycles. The molecule has 3 rings (SSSR count). The van der Waals surface area contributed by atoms with Gasteiger partial charge in [-0.25, -0.2) is 0 Å². The van der Waals surface area contributed by atoms with Crippen LogP contribution < -0.4 is 10.9 Å². The molecule has 21 heavy (non-hydrogen) atoms. The molecule has 1 aliphatic heterocycles. The SMILES string of the molecule is CCc1cc2ncc([C@H](C)N3CCNCC3)cc2[nH]c1=O. The quantitative estimate of drug-likeness (QED) is 0.896. The molecule has 2 N–H and O–H groups in total. The number of pyridine rings is 2. The summed E-state index contributed by atoms with van der Waals surface area (Å²) < 4.78 is 0. The van der Waals surface area contributed by atoms with Crippen LogP contribution in [0.25, 0.3) is 11.0 Å². The third-order valence-electron chi connectivity index (χ3n) is 4.35. The van der Waals surface area contributed by atoms with Crippen molar-refractivity contribution in [3.05, 3.63) is 39.8 Å². The van der Waals surface area contributed by atoms with Gasteiger partial charge in [-0.3, -0.25) is 14.7 Å². The number of fused-ring (bicyclic) bond motifs is 1. The highest BCUT2D eigenvalue weighted by Crippen LogP contribution is 2.22. The average Bonchev–Trinajstić information content (AvgIpc) is 2.53. The van der Waals surface area contributed by atoms with Crippen molar-refractivity contribution >= 4 is 11.0 Å². The van der Waals surface area contributed by atoms with Crippen molar-refractivity contribution in [1.29, 1.82) is 0 Å². The molecule has 1 fully saturated rings. The fourth-order valence-electron chi connectivity index (χ4n) is 2.91. The number of hydrogen-bond acceptors (Lipinski definition) is 4. The van der Waals surface area contributed by atoms with Gasteiger partial charge >= 0.3 is 0 Å². The molecule has 112 valence electrons. The first-order valence-electron chi connectivity index (χ1n) is 7.65. The molecule has 1 saturated heterocycles. The highest BCUT2D eigenvalue weighted by Gasteiger charge is 2.18. The molecule has 0 radical (unpaired) electrons. The van der Waals surface area contributed by atoms with Gasteiger partial charge in [0.15, 0.2) is 0 Å². The topological polar surface area (TPSA) is 61.0 Å². The Hall–Kier alpha value is -1.72. The molecule has 5 nitrogen and oxygen atoms in total. The molecule has 0 spiro atoms. The molecule has 0 aromatic carbocycles. The van der Waals surface area contributed by atoms with Crippen LogP contribution in [0.1, 0.15) is 31.0 Å². The van der Waals surface area contributed by atoms with Gasteiger partial charge in [0.1, 0.15) is 0 Å². The second-order valence-electron chi connectivity index (χ2n) is 5.64. The van der Waals surface area contributed by atoms with Crippen molar-refractivity contribution in [1.82, 2.24) is 20.2 Å². The number of aromatic amines is 1. The van der Waals surface area contributed by atoms with E-state index in [1.54, 1.807) is 0 Å². The maximum atomic E-state index is 11.9. The Labute approximate surface area is 124 Å². The highest BCUT2D eigenvalue weighted by atomic mass is 16.1. The third kappa shape index (κ3) is 2.84. The molecule has 0 amide bonds. The predicted molar refractivity (Wildman–Crippen MR) is 84.6 cm³/mol. The van der Waals surface area contributed by atoms with Gasteiger partial charge in [0.2, 0.25) is 0 Å². The van der Waals surface area contributed by atoms with Crippen LogP contribution in [-0.2, 0) is 6.42 Å². The van der Waals surface area contributed by atoms with E-state index in [1.165, 1.54) is 0 Å². The van der Waals surface area contributed by atoms with Gasteiger partial charge in [0.05, 0.1) is 11.0 Å². The molecule has 5 heteroatoms. The minimum Gasteiger partial charge on any atom is -0.320 e. The number of nitrogens with one attached hydrogen (secondary N) is 2. The number of nitrogens with zero attached hydrogens (tertiary/aromatic N) is 2. The van der Waals surface area contributed by atoms with E-state index in [0.29, 0.717) is 6.04 Å². The standard InChI is InChI=1S/C16H22N4O/c1-3-12-8-14-15(19-16(12)21)9-13(10-18-14)11(2)20-6-4-17-5-7-20/h8-11,17H,3-7H2,1-2H3,(H,19,21)/t11-/m0/s1. The van der Waals surface area contributed by atoms with Gasteiger partial charge in [0.25, 0.3) is 5.56 Å². The lowest BCUT2D eigenvalue weighted by Gasteiger charge is -2.32. The second kappa shape index (κ2) is 5.95. The summed E-state index contributed by atoms with van der Waals surface area (Å²) in [5.41, 5.74) is 3.64. The Morgan fingerprint density at radius 2 is 2.10 bits per heavy atom. The largest absolute Gasteiger partial charge is 0.320 e. The summed E-state index contributed by atoms with van der Waals surface area (Å²) in [7, 11) is 0. The van der Waals surface area contributed by atoms with E-state index >= 15 is 0 Å². The zero-order chi connectivity index (χ0) is 14.8. The van der Waals surface area contributed by atoms with E-state index in [4.69, 9.17) is 0 Å². The molecule has 1 atom stereocenters. The maximum absolute atomic E-state index is 11.9. The Morgan fingerprint density at radius 3 is 2.81 bits per heavy atom. The van der Waals surface area contributed by atoms with Crippen molar-refractivity contribution in [2.24, 2.45) is 0 Å². The molecule has 0 saturated carbocycles. The van der Waals surface area contributed by atoms with Crippen LogP contribution in [0.5, 0.6) is 0 Å². The van der Waals surface area contributed by atoms with Crippen molar-refractivity contribution in [3.63, 3.8) is 0 Å². The fraction of sp³-hybridized carbons (Fsp3) is 0.500. The van der Waals surface area contributed by atoms with Gasteiger partial charge in [-0.2, -0.15) is 0 Å². The first-order valence-corrected chi connectivity index (χ1v) is 7.65. The smallest absolute Gasteiger partial charge is 0.251 e. The lowest BCUT2D eigenvalue weighted by molar-refractivity contribution is 0.185. The number of H-pyrrole nitrogens is 1. The van der Waals surface area contributed by atoms with E-state index in [1.807, 2.05) is 19.2 Å². The van der Waals surface area contributed by atoms with Gasteiger partial charge in [0, 0.05) is 44.0 Å². The number of aryl methyl sites for hydroxylation is 1. The molecule has 3 heterocycles. The lowest BCUT2D eigenvalue weighted by Crippen LogP contribution is -2.44. The van der Waals surface area contributed by atoms with E-state index in [9.17, 15) is 4.79 Å². The van der Waals surface area contributed by atoms with Gasteiger partial charge in [-0.05, 0) is 31.0 Å². The van der Waals surface area contributed by atoms with Gasteiger partial charge in [-0.1, -0.05) is 6.92 Å². The van der Waals surface area contributed by atoms with Crippen molar-refractivity contribution < 1.29 is 0 Å². The number of hydrogen-bond donors (Lipinski definition) is 2. The summed E-state index contributed by atoms with van der Waals surface area (Å²) in [5.74, 6) is 0. The summed E-state index contributed by atoms with van der Waals surface area (Å²) in [5, 5.41) is 3.37. The summed E-state index contributed by atoms with van der Waals surface area (Å²) in [6, 6.07) is 4.28. The van der Waals surface area contributed by atoms with Crippen LogP contribution in [0.3, 0.4) is 0 Å². The Bertz CT molecular complexity index is 688. The third-order valence-corrected chi connectivity index (χ3v) is 4.35. The van der Waals surface area contributed by atoms with E-state index in [2.05, 4.69) is 33.2 Å². The number of piperazine rings is 1. The highest BCUT2D eigenvalue weighted by molar-refractivity contribution is 5.75. The normalized spacial score (nSPS) is 18.0. The summed E-state index contributed by atoms with van der Waals surface area (Å²) in [6.07, 6.45) is 2.67. The monoisotopic (exact) mass is 286 g/mol. The van der Waals surface area contributed by atoms with E-state index < -0.39 is 0 Å². The summed E-state index contributed by atoms with van der Waals surface area (Å²) >= 11 is 0. The maximum Gasteiger partial charge on any atom is 0.251 e. The lowest BCUT2D eigenvalue weighted by atomic mass is 10.1. The Morgan fingerprint density at radius 1 is 1.33 bits per heavy atom. The van der Waals surface area contributed by atoms with Gasteiger partial charge < -0.3 is 10.3 Å². The number of rotatable bonds is 3. The molecule has 0 bridgehead atoms. The first kappa shape index (κ1) is 14.2. The van der Waals surface area contributed by atoms with Crippen LogP contribution in [0.2, 0.25) is 0 Å². The fourth-order valence-corrected chi connectivity index (χ4v) is 2.91. The molecule has 1 aliphatic rings. The minimum absolute atomic E-state index is 0.00113. The predicted octanol–water partition coefficient (Wildman–Crippen LogP) is 1.45. The summed E-state index contributed by atoms with van der Waals surface area (Å²) in [6.45, 7) is 8.34. The van der Waals surface area contributed by atoms with Crippen molar-refractivity contribution in [3.8, 4) is 0 Å². The van der Waals surface area contributed by atoms with Crippen molar-refractivity contribution in [2.75, 3.05) is 26.2 Å². The van der Waals surface area contributed by atoms with Crippen LogP contribution in [0.15, 0.2) is 23.1 Å². The van der Waals surface area contributed by atoms with E-state index in [-0.39, 0.29) is 5.56 Å². The Kier molecular flexibility index (Phi) is 4.03. The first-order chi connectivity index (χ1) is 10.2. The van der Waals surface area contributed by atoms with Gasteiger partial charge in [-0.15, -0.1) is 0 Å². The molecule has 0 unspecified atom stereocenters. The molecular formula is C16H22N4O. The minimum atomic E-state index is -0.00113. The molecule has 2 aromatic rings.